The van der Waals surface area contributed by atoms with Gasteiger partial charge in [0.1, 0.15) is 0 Å². The van der Waals surface area contributed by atoms with Crippen molar-refractivity contribution in [1.29, 1.82) is 0 Å². The molecule has 2 aromatic rings. The summed E-state index contributed by atoms with van der Waals surface area (Å²) in [4.78, 5) is 11.8. The number of carbonyl (C=O) groups is 1. The summed E-state index contributed by atoms with van der Waals surface area (Å²) in [5.41, 5.74) is 3.89. The van der Waals surface area contributed by atoms with E-state index < -0.39 is 0 Å². The number of amides is 1. The number of hydrogen-bond donors (Lipinski definition) is 1. The van der Waals surface area contributed by atoms with Gasteiger partial charge in [-0.15, -0.1) is 0 Å². The second-order valence-corrected chi connectivity index (χ2v) is 5.77. The average Bonchev–Trinajstić information content (AvgIpc) is 2.89. The van der Waals surface area contributed by atoms with Crippen molar-refractivity contribution in [3.63, 3.8) is 0 Å². The Bertz CT molecular complexity index is 603. The van der Waals surface area contributed by atoms with Crippen molar-refractivity contribution in [2.24, 2.45) is 0 Å². The molecule has 1 amide bonds. The first-order valence-corrected chi connectivity index (χ1v) is 7.68. The third-order valence-electron chi connectivity index (χ3n) is 4.35. The van der Waals surface area contributed by atoms with E-state index in [0.717, 1.165) is 12.8 Å². The minimum absolute atomic E-state index is 0.167. The highest BCUT2D eigenvalue weighted by atomic mass is 16.2. The number of carbonyl (C=O) groups excluding carboxylic acids is 1. The van der Waals surface area contributed by atoms with Gasteiger partial charge in [0.2, 0.25) is 5.91 Å². The Morgan fingerprint density at radius 2 is 1.71 bits per heavy atom. The molecule has 2 atom stereocenters. The molecular weight excluding hydrogens is 258 g/mol. The highest BCUT2D eigenvalue weighted by molar-refractivity contribution is 5.80. The van der Waals surface area contributed by atoms with Gasteiger partial charge in [0.15, 0.2) is 0 Å². The SMILES string of the molecule is CCc1ccc(C2CC(=O)NC2Cc2ccccc2)cc1. The monoisotopic (exact) mass is 279 g/mol. The zero-order valence-corrected chi connectivity index (χ0v) is 12.4. The molecule has 21 heavy (non-hydrogen) atoms. The summed E-state index contributed by atoms with van der Waals surface area (Å²) in [5, 5.41) is 3.14. The fourth-order valence-corrected chi connectivity index (χ4v) is 3.12. The first-order chi connectivity index (χ1) is 10.3. The lowest BCUT2D eigenvalue weighted by atomic mass is 9.88. The summed E-state index contributed by atoms with van der Waals surface area (Å²) in [6.07, 6.45) is 2.55. The normalized spacial score (nSPS) is 21.3. The minimum Gasteiger partial charge on any atom is -0.352 e. The summed E-state index contributed by atoms with van der Waals surface area (Å²) < 4.78 is 0. The number of nitrogens with one attached hydrogen (secondary N) is 1. The van der Waals surface area contributed by atoms with Crippen LogP contribution in [0, 0.1) is 0 Å². The van der Waals surface area contributed by atoms with Crippen LogP contribution in [0.25, 0.3) is 0 Å². The van der Waals surface area contributed by atoms with E-state index >= 15 is 0 Å². The number of benzene rings is 2. The summed E-state index contributed by atoms with van der Waals surface area (Å²) in [6.45, 7) is 2.16. The van der Waals surface area contributed by atoms with Crippen molar-refractivity contribution in [3.05, 3.63) is 71.3 Å². The maximum absolute atomic E-state index is 11.8. The molecule has 1 N–H and O–H groups in total. The molecule has 1 heterocycles. The van der Waals surface area contributed by atoms with Crippen molar-refractivity contribution in [2.45, 2.75) is 38.1 Å². The molecule has 2 unspecified atom stereocenters. The molecule has 0 saturated carbocycles. The van der Waals surface area contributed by atoms with Gasteiger partial charge in [0.05, 0.1) is 0 Å². The van der Waals surface area contributed by atoms with E-state index in [4.69, 9.17) is 0 Å². The molecule has 0 radical (unpaired) electrons. The first-order valence-electron chi connectivity index (χ1n) is 7.68. The molecule has 108 valence electrons. The smallest absolute Gasteiger partial charge is 0.220 e. The molecule has 3 rings (SSSR count). The number of aryl methyl sites for hydroxylation is 1. The Morgan fingerprint density at radius 1 is 1.00 bits per heavy atom. The number of rotatable bonds is 4. The Balaban J connectivity index is 1.80. The van der Waals surface area contributed by atoms with Gasteiger partial charge in [-0.1, -0.05) is 61.5 Å². The minimum atomic E-state index is 0.167. The Kier molecular flexibility index (Phi) is 4.05. The van der Waals surface area contributed by atoms with E-state index in [2.05, 4.69) is 60.8 Å². The highest BCUT2D eigenvalue weighted by Crippen LogP contribution is 2.30. The van der Waals surface area contributed by atoms with Crippen LogP contribution in [0.3, 0.4) is 0 Å². The van der Waals surface area contributed by atoms with E-state index in [1.807, 2.05) is 6.07 Å². The molecule has 2 aromatic carbocycles. The lowest BCUT2D eigenvalue weighted by molar-refractivity contribution is -0.119. The van der Waals surface area contributed by atoms with E-state index in [1.165, 1.54) is 16.7 Å². The molecule has 2 heteroatoms. The van der Waals surface area contributed by atoms with Gasteiger partial charge in [0.25, 0.3) is 0 Å². The molecule has 1 aliphatic rings. The fourth-order valence-electron chi connectivity index (χ4n) is 3.12. The van der Waals surface area contributed by atoms with Crippen molar-refractivity contribution in [3.8, 4) is 0 Å². The first kappa shape index (κ1) is 13.9. The highest BCUT2D eigenvalue weighted by Gasteiger charge is 2.33. The van der Waals surface area contributed by atoms with Crippen molar-refractivity contribution in [1.82, 2.24) is 5.32 Å². The van der Waals surface area contributed by atoms with Gasteiger partial charge in [-0.25, -0.2) is 0 Å². The van der Waals surface area contributed by atoms with Crippen LogP contribution < -0.4 is 5.32 Å². The molecule has 0 bridgehead atoms. The van der Waals surface area contributed by atoms with Gasteiger partial charge in [-0.05, 0) is 29.5 Å². The summed E-state index contributed by atoms with van der Waals surface area (Å²) >= 11 is 0. The molecule has 1 aliphatic heterocycles. The lowest BCUT2D eigenvalue weighted by Crippen LogP contribution is -2.30. The van der Waals surface area contributed by atoms with Gasteiger partial charge in [0, 0.05) is 18.4 Å². The van der Waals surface area contributed by atoms with Crippen molar-refractivity contribution >= 4 is 5.91 Å². The summed E-state index contributed by atoms with van der Waals surface area (Å²) in [5.74, 6) is 0.448. The van der Waals surface area contributed by atoms with Crippen molar-refractivity contribution in [2.75, 3.05) is 0 Å². The maximum atomic E-state index is 11.8. The molecule has 0 aromatic heterocycles. The van der Waals surface area contributed by atoms with E-state index in [9.17, 15) is 4.79 Å². The van der Waals surface area contributed by atoms with Gasteiger partial charge < -0.3 is 5.32 Å². The maximum Gasteiger partial charge on any atom is 0.220 e. The van der Waals surface area contributed by atoms with Crippen LogP contribution in [0.5, 0.6) is 0 Å². The Hall–Kier alpha value is -2.09. The van der Waals surface area contributed by atoms with Crippen LogP contribution in [0.15, 0.2) is 54.6 Å². The van der Waals surface area contributed by atoms with E-state index in [0.29, 0.717) is 6.42 Å². The second kappa shape index (κ2) is 6.13. The molecule has 0 aliphatic carbocycles. The van der Waals surface area contributed by atoms with Gasteiger partial charge in [-0.3, -0.25) is 4.79 Å². The third-order valence-corrected chi connectivity index (χ3v) is 4.35. The average molecular weight is 279 g/mol. The largest absolute Gasteiger partial charge is 0.352 e. The quantitative estimate of drug-likeness (QED) is 0.912. The van der Waals surface area contributed by atoms with Gasteiger partial charge in [-0.2, -0.15) is 0 Å². The molecule has 0 spiro atoms. The summed E-state index contributed by atoms with van der Waals surface area (Å²) in [6, 6.07) is 19.3. The topological polar surface area (TPSA) is 29.1 Å². The zero-order valence-electron chi connectivity index (χ0n) is 12.4. The zero-order chi connectivity index (χ0) is 14.7. The van der Waals surface area contributed by atoms with Crippen LogP contribution >= 0.6 is 0 Å². The van der Waals surface area contributed by atoms with Crippen LogP contribution in [-0.4, -0.2) is 11.9 Å². The molecule has 1 saturated heterocycles. The van der Waals surface area contributed by atoms with E-state index in [-0.39, 0.29) is 17.9 Å². The second-order valence-electron chi connectivity index (χ2n) is 5.77. The molecule has 1 fully saturated rings. The number of hydrogen-bond acceptors (Lipinski definition) is 1. The Labute approximate surface area is 126 Å². The fraction of sp³-hybridized carbons (Fsp3) is 0.316. The van der Waals surface area contributed by atoms with Crippen LogP contribution in [0.1, 0.15) is 36.0 Å². The molecule has 2 nitrogen and oxygen atoms in total. The van der Waals surface area contributed by atoms with E-state index in [1.54, 1.807) is 0 Å². The standard InChI is InChI=1S/C19H21NO/c1-2-14-8-10-16(11-9-14)17-13-19(21)20-18(17)12-15-6-4-3-5-7-15/h3-11,17-18H,2,12-13H2,1H3,(H,20,21). The third kappa shape index (κ3) is 3.15. The van der Waals surface area contributed by atoms with Gasteiger partial charge >= 0.3 is 0 Å². The lowest BCUT2D eigenvalue weighted by Gasteiger charge is -2.19. The Morgan fingerprint density at radius 3 is 2.38 bits per heavy atom. The van der Waals surface area contributed by atoms with Crippen LogP contribution in [-0.2, 0) is 17.6 Å². The molecular formula is C19H21NO. The predicted octanol–water partition coefficient (Wildman–Crippen LogP) is 3.46. The van der Waals surface area contributed by atoms with Crippen LogP contribution in [0.2, 0.25) is 0 Å². The van der Waals surface area contributed by atoms with Crippen molar-refractivity contribution < 1.29 is 4.79 Å². The van der Waals surface area contributed by atoms with Crippen LogP contribution in [0.4, 0.5) is 0 Å². The predicted molar refractivity (Wildman–Crippen MR) is 85.3 cm³/mol. The summed E-state index contributed by atoms with van der Waals surface area (Å²) in [7, 11) is 0.